The minimum absolute atomic E-state index is 0.428. The Morgan fingerprint density at radius 1 is 1.11 bits per heavy atom. The molecule has 0 aliphatic carbocycles. The number of aromatic nitrogens is 1. The predicted molar refractivity (Wildman–Crippen MR) is 81.3 cm³/mol. The van der Waals surface area contributed by atoms with E-state index in [1.165, 1.54) is 17.7 Å². The van der Waals surface area contributed by atoms with E-state index in [4.69, 9.17) is 0 Å². The summed E-state index contributed by atoms with van der Waals surface area (Å²) in [7, 11) is 0. The fraction of sp³-hybridized carbons (Fsp3) is 0.412. The van der Waals surface area contributed by atoms with Gasteiger partial charge >= 0.3 is 0 Å². The van der Waals surface area contributed by atoms with Gasteiger partial charge in [-0.05, 0) is 44.0 Å². The molecule has 2 heteroatoms. The highest BCUT2D eigenvalue weighted by Crippen LogP contribution is 2.14. The van der Waals surface area contributed by atoms with Crippen LogP contribution < -0.4 is 5.32 Å². The maximum Gasteiger partial charge on any atom is 0.0446 e. The minimum Gasteiger partial charge on any atom is -0.350 e. The van der Waals surface area contributed by atoms with Gasteiger partial charge in [-0.3, -0.25) is 0 Å². The third-order valence-electron chi connectivity index (χ3n) is 3.53. The van der Waals surface area contributed by atoms with Gasteiger partial charge in [-0.2, -0.15) is 0 Å². The van der Waals surface area contributed by atoms with Crippen molar-refractivity contribution in [1.29, 1.82) is 0 Å². The molecule has 0 fully saturated rings. The van der Waals surface area contributed by atoms with Crippen LogP contribution in [0.2, 0.25) is 0 Å². The Bertz CT molecular complexity index is 473. The van der Waals surface area contributed by atoms with E-state index in [1.54, 1.807) is 0 Å². The highest BCUT2D eigenvalue weighted by atomic mass is 15.0. The van der Waals surface area contributed by atoms with Gasteiger partial charge in [0.15, 0.2) is 0 Å². The number of hydrogen-bond acceptors (Lipinski definition) is 1. The van der Waals surface area contributed by atoms with Crippen molar-refractivity contribution >= 4 is 0 Å². The third kappa shape index (κ3) is 3.97. The van der Waals surface area contributed by atoms with Crippen molar-refractivity contribution < 1.29 is 0 Å². The summed E-state index contributed by atoms with van der Waals surface area (Å²) in [5.41, 5.74) is 2.81. The van der Waals surface area contributed by atoms with E-state index in [2.05, 4.69) is 72.4 Å². The minimum atomic E-state index is 0.428. The van der Waals surface area contributed by atoms with Gasteiger partial charge in [-0.15, -0.1) is 0 Å². The van der Waals surface area contributed by atoms with E-state index in [9.17, 15) is 0 Å². The standard InChI is InChI=1S/C17H24N2/c1-3-18-15(2)17-12-8-14-19(17)13-7-11-16-9-5-4-6-10-16/h4-6,8-10,12,14-15,18H,3,7,11,13H2,1-2H3. The summed E-state index contributed by atoms with van der Waals surface area (Å²) >= 11 is 0. The SMILES string of the molecule is CCNC(C)c1cccn1CCCc1ccccc1. The molecule has 1 unspecified atom stereocenters. The zero-order valence-electron chi connectivity index (χ0n) is 12.0. The van der Waals surface area contributed by atoms with Crippen LogP contribution in [0.3, 0.4) is 0 Å². The molecule has 0 saturated carbocycles. The molecule has 1 atom stereocenters. The van der Waals surface area contributed by atoms with Gasteiger partial charge in [0, 0.05) is 24.5 Å². The lowest BCUT2D eigenvalue weighted by Gasteiger charge is -2.16. The first-order chi connectivity index (χ1) is 9.31. The summed E-state index contributed by atoms with van der Waals surface area (Å²) in [6.45, 7) is 6.48. The lowest BCUT2D eigenvalue weighted by molar-refractivity contribution is 0.529. The number of rotatable bonds is 7. The molecule has 2 rings (SSSR count). The van der Waals surface area contributed by atoms with E-state index >= 15 is 0 Å². The molecule has 1 aromatic heterocycles. The number of hydrogen-bond donors (Lipinski definition) is 1. The largest absolute Gasteiger partial charge is 0.350 e. The Morgan fingerprint density at radius 2 is 1.89 bits per heavy atom. The van der Waals surface area contributed by atoms with Crippen LogP contribution in [0.25, 0.3) is 0 Å². The predicted octanol–water partition coefficient (Wildman–Crippen LogP) is 3.79. The molecule has 1 aromatic carbocycles. The van der Waals surface area contributed by atoms with Crippen LogP contribution in [0.5, 0.6) is 0 Å². The lowest BCUT2D eigenvalue weighted by Crippen LogP contribution is -2.20. The Hall–Kier alpha value is -1.54. The number of benzene rings is 1. The summed E-state index contributed by atoms with van der Waals surface area (Å²) in [5, 5.41) is 3.48. The van der Waals surface area contributed by atoms with Crippen LogP contribution in [0.4, 0.5) is 0 Å². The highest BCUT2D eigenvalue weighted by Gasteiger charge is 2.08. The van der Waals surface area contributed by atoms with Crippen LogP contribution in [0.15, 0.2) is 48.7 Å². The summed E-state index contributed by atoms with van der Waals surface area (Å²) in [6, 6.07) is 15.5. The third-order valence-corrected chi connectivity index (χ3v) is 3.53. The first kappa shape index (κ1) is 13.9. The molecule has 0 aliphatic rings. The molecule has 0 spiro atoms. The van der Waals surface area contributed by atoms with E-state index in [0.29, 0.717) is 6.04 Å². The molecular weight excluding hydrogens is 232 g/mol. The zero-order valence-corrected chi connectivity index (χ0v) is 12.0. The Balaban J connectivity index is 1.88. The van der Waals surface area contributed by atoms with Gasteiger partial charge in [0.25, 0.3) is 0 Å². The molecule has 102 valence electrons. The second-order valence-corrected chi connectivity index (χ2v) is 4.99. The molecule has 0 aliphatic heterocycles. The topological polar surface area (TPSA) is 17.0 Å². The highest BCUT2D eigenvalue weighted by molar-refractivity contribution is 5.15. The number of nitrogens with one attached hydrogen (secondary N) is 1. The molecule has 0 amide bonds. The quantitative estimate of drug-likeness (QED) is 0.797. The molecule has 2 aromatic rings. The summed E-state index contributed by atoms with van der Waals surface area (Å²) < 4.78 is 2.37. The van der Waals surface area contributed by atoms with E-state index in [1.807, 2.05) is 0 Å². The van der Waals surface area contributed by atoms with Gasteiger partial charge in [-0.1, -0.05) is 37.3 Å². The van der Waals surface area contributed by atoms with Crippen molar-refractivity contribution in [3.05, 3.63) is 59.9 Å². The van der Waals surface area contributed by atoms with Gasteiger partial charge in [0.05, 0.1) is 0 Å². The maximum atomic E-state index is 3.48. The first-order valence-corrected chi connectivity index (χ1v) is 7.23. The second-order valence-electron chi connectivity index (χ2n) is 4.99. The lowest BCUT2D eigenvalue weighted by atomic mass is 10.1. The smallest absolute Gasteiger partial charge is 0.0446 e. The molecule has 1 heterocycles. The van der Waals surface area contributed by atoms with Crippen molar-refractivity contribution in [3.8, 4) is 0 Å². The van der Waals surface area contributed by atoms with Crippen molar-refractivity contribution in [1.82, 2.24) is 9.88 Å². The summed E-state index contributed by atoms with van der Waals surface area (Å²) in [5.74, 6) is 0. The normalized spacial score (nSPS) is 12.5. The van der Waals surface area contributed by atoms with Gasteiger partial charge in [-0.25, -0.2) is 0 Å². The number of aryl methyl sites for hydroxylation is 2. The van der Waals surface area contributed by atoms with Crippen LogP contribution in [0, 0.1) is 0 Å². The Morgan fingerprint density at radius 3 is 2.63 bits per heavy atom. The fourth-order valence-corrected chi connectivity index (χ4v) is 2.53. The zero-order chi connectivity index (χ0) is 13.5. The van der Waals surface area contributed by atoms with Gasteiger partial charge < -0.3 is 9.88 Å². The number of nitrogens with zero attached hydrogens (tertiary/aromatic N) is 1. The van der Waals surface area contributed by atoms with Crippen LogP contribution in [-0.2, 0) is 13.0 Å². The van der Waals surface area contributed by atoms with Gasteiger partial charge in [0.1, 0.15) is 0 Å². The van der Waals surface area contributed by atoms with E-state index < -0.39 is 0 Å². The maximum absolute atomic E-state index is 3.48. The Labute approximate surface area is 116 Å². The molecule has 19 heavy (non-hydrogen) atoms. The molecular formula is C17H24N2. The van der Waals surface area contributed by atoms with Crippen molar-refractivity contribution in [2.24, 2.45) is 0 Å². The van der Waals surface area contributed by atoms with E-state index in [0.717, 1.165) is 19.5 Å². The molecule has 0 bridgehead atoms. The second kappa shape index (κ2) is 7.15. The van der Waals surface area contributed by atoms with Crippen molar-refractivity contribution in [2.75, 3.05) is 6.54 Å². The average Bonchev–Trinajstić information content (AvgIpc) is 2.89. The van der Waals surface area contributed by atoms with Crippen molar-refractivity contribution in [2.45, 2.75) is 39.3 Å². The fourth-order valence-electron chi connectivity index (χ4n) is 2.53. The molecule has 0 radical (unpaired) electrons. The van der Waals surface area contributed by atoms with Crippen LogP contribution >= 0.6 is 0 Å². The molecule has 2 nitrogen and oxygen atoms in total. The summed E-state index contributed by atoms with van der Waals surface area (Å²) in [4.78, 5) is 0. The first-order valence-electron chi connectivity index (χ1n) is 7.23. The van der Waals surface area contributed by atoms with Crippen LogP contribution in [0.1, 0.15) is 37.6 Å². The van der Waals surface area contributed by atoms with E-state index in [-0.39, 0.29) is 0 Å². The summed E-state index contributed by atoms with van der Waals surface area (Å²) in [6.07, 6.45) is 4.52. The van der Waals surface area contributed by atoms with Crippen LogP contribution in [-0.4, -0.2) is 11.1 Å². The monoisotopic (exact) mass is 256 g/mol. The molecule has 0 saturated heterocycles. The average molecular weight is 256 g/mol. The van der Waals surface area contributed by atoms with Crippen molar-refractivity contribution in [3.63, 3.8) is 0 Å². The Kier molecular flexibility index (Phi) is 5.22. The molecule has 1 N–H and O–H groups in total. The van der Waals surface area contributed by atoms with Gasteiger partial charge in [0.2, 0.25) is 0 Å².